The second-order valence-electron chi connectivity index (χ2n) is 4.63. The number of hydrogen-bond donors (Lipinski definition) is 2. The van der Waals surface area contributed by atoms with Gasteiger partial charge in [-0.3, -0.25) is 4.79 Å². The summed E-state index contributed by atoms with van der Waals surface area (Å²) in [6.45, 7) is -0.545. The van der Waals surface area contributed by atoms with E-state index in [0.29, 0.717) is 16.5 Å². The Kier molecular flexibility index (Phi) is 5.89. The summed E-state index contributed by atoms with van der Waals surface area (Å²) in [5, 5.41) is 12.9. The van der Waals surface area contributed by atoms with Gasteiger partial charge in [-0.15, -0.1) is 0 Å². The second kappa shape index (κ2) is 7.90. The van der Waals surface area contributed by atoms with Crippen molar-refractivity contribution in [1.82, 2.24) is 0 Å². The number of methoxy groups -OCH3 is 1. The lowest BCUT2D eigenvalue weighted by molar-refractivity contribution is -0.119. The Morgan fingerprint density at radius 1 is 1.12 bits per heavy atom. The number of amides is 1. The normalized spacial score (nSPS) is 10.1. The van der Waals surface area contributed by atoms with Crippen molar-refractivity contribution in [3.63, 3.8) is 0 Å². The lowest BCUT2D eigenvalue weighted by Crippen LogP contribution is -2.21. The third-order valence-electron chi connectivity index (χ3n) is 2.95. The molecule has 2 rings (SSSR count). The van der Waals surface area contributed by atoms with Gasteiger partial charge in [0.25, 0.3) is 5.91 Å². The highest BCUT2D eigenvalue weighted by Crippen LogP contribution is 2.27. The topological polar surface area (TPSA) is 84.9 Å². The van der Waals surface area contributed by atoms with E-state index >= 15 is 0 Å². The number of esters is 1. The highest BCUT2D eigenvalue weighted by molar-refractivity contribution is 6.31. The van der Waals surface area contributed by atoms with Crippen LogP contribution in [-0.2, 0) is 9.53 Å². The average Bonchev–Trinajstić information content (AvgIpc) is 2.53. The number of nitrogens with one attached hydrogen (secondary N) is 1. The fourth-order valence-electron chi connectivity index (χ4n) is 1.85. The molecular formula is C16H13Cl2NO5. The lowest BCUT2D eigenvalue weighted by Gasteiger charge is -2.11. The van der Waals surface area contributed by atoms with Gasteiger partial charge in [0.05, 0.1) is 12.8 Å². The number of phenols is 1. The summed E-state index contributed by atoms with van der Waals surface area (Å²) < 4.78 is 9.96. The molecule has 0 spiro atoms. The van der Waals surface area contributed by atoms with Crippen LogP contribution >= 0.6 is 23.2 Å². The number of carbonyl (C=O) groups excluding carboxylic acids is 2. The first-order valence-corrected chi connectivity index (χ1v) is 7.45. The van der Waals surface area contributed by atoms with Gasteiger partial charge in [0, 0.05) is 10.0 Å². The third kappa shape index (κ3) is 4.53. The summed E-state index contributed by atoms with van der Waals surface area (Å²) in [6.07, 6.45) is 0. The SMILES string of the molecule is COc1ccc(Cl)cc1NC(=O)COC(=O)c1ccc(Cl)cc1O. The number of aromatic hydroxyl groups is 1. The number of hydrogen-bond acceptors (Lipinski definition) is 5. The predicted octanol–water partition coefficient (Wildman–Crippen LogP) is 3.50. The number of ether oxygens (including phenoxy) is 2. The first kappa shape index (κ1) is 17.9. The number of phenolic OH excluding ortho intramolecular Hbond substituents is 1. The van der Waals surface area contributed by atoms with Crippen LogP contribution in [0.1, 0.15) is 10.4 Å². The van der Waals surface area contributed by atoms with E-state index in [1.54, 1.807) is 12.1 Å². The van der Waals surface area contributed by atoms with E-state index in [0.717, 1.165) is 0 Å². The van der Waals surface area contributed by atoms with Gasteiger partial charge < -0.3 is 19.9 Å². The van der Waals surface area contributed by atoms with Gasteiger partial charge in [-0.05, 0) is 36.4 Å². The Balaban J connectivity index is 1.98. The van der Waals surface area contributed by atoms with E-state index in [-0.39, 0.29) is 16.3 Å². The lowest BCUT2D eigenvalue weighted by atomic mass is 10.2. The molecule has 0 heterocycles. The Morgan fingerprint density at radius 3 is 2.46 bits per heavy atom. The largest absolute Gasteiger partial charge is 0.507 e. The molecule has 8 heteroatoms. The molecule has 2 aromatic carbocycles. The van der Waals surface area contributed by atoms with Crippen molar-refractivity contribution in [2.45, 2.75) is 0 Å². The minimum Gasteiger partial charge on any atom is -0.507 e. The van der Waals surface area contributed by atoms with Crippen molar-refractivity contribution >= 4 is 40.8 Å². The van der Waals surface area contributed by atoms with Crippen LogP contribution in [0.2, 0.25) is 10.0 Å². The van der Waals surface area contributed by atoms with E-state index < -0.39 is 18.5 Å². The maximum absolute atomic E-state index is 11.9. The van der Waals surface area contributed by atoms with Crippen LogP contribution in [0.4, 0.5) is 5.69 Å². The molecule has 0 saturated carbocycles. The summed E-state index contributed by atoms with van der Waals surface area (Å²) in [4.78, 5) is 23.8. The van der Waals surface area contributed by atoms with Crippen molar-refractivity contribution in [2.24, 2.45) is 0 Å². The van der Waals surface area contributed by atoms with Crippen molar-refractivity contribution in [1.29, 1.82) is 0 Å². The molecule has 24 heavy (non-hydrogen) atoms. The fourth-order valence-corrected chi connectivity index (χ4v) is 2.19. The van der Waals surface area contributed by atoms with Gasteiger partial charge in [0.15, 0.2) is 6.61 Å². The molecular weight excluding hydrogens is 357 g/mol. The second-order valence-corrected chi connectivity index (χ2v) is 5.50. The molecule has 0 atom stereocenters. The first-order chi connectivity index (χ1) is 11.4. The van der Waals surface area contributed by atoms with Crippen LogP contribution < -0.4 is 10.1 Å². The standard InChI is InChI=1S/C16H13Cl2NO5/c1-23-14-5-3-9(17)6-12(14)19-15(21)8-24-16(22)11-4-2-10(18)7-13(11)20/h2-7,20H,8H2,1H3,(H,19,21). The van der Waals surface area contributed by atoms with Crippen molar-refractivity contribution in [2.75, 3.05) is 19.0 Å². The van der Waals surface area contributed by atoms with E-state index in [1.807, 2.05) is 0 Å². The van der Waals surface area contributed by atoms with Gasteiger partial charge in [0.1, 0.15) is 17.1 Å². The third-order valence-corrected chi connectivity index (χ3v) is 3.42. The monoisotopic (exact) mass is 369 g/mol. The molecule has 0 bridgehead atoms. The Labute approximate surface area is 147 Å². The average molecular weight is 370 g/mol. The number of anilines is 1. The van der Waals surface area contributed by atoms with Crippen molar-refractivity contribution in [3.8, 4) is 11.5 Å². The summed E-state index contributed by atoms with van der Waals surface area (Å²) in [5.74, 6) is -1.35. The zero-order chi connectivity index (χ0) is 17.7. The van der Waals surface area contributed by atoms with Gasteiger partial charge in [-0.25, -0.2) is 4.79 Å². The highest BCUT2D eigenvalue weighted by atomic mass is 35.5. The predicted molar refractivity (Wildman–Crippen MR) is 90.0 cm³/mol. The zero-order valence-corrected chi connectivity index (χ0v) is 14.0. The summed E-state index contributed by atoms with van der Waals surface area (Å²) in [5.41, 5.74) is 0.257. The van der Waals surface area contributed by atoms with Crippen LogP contribution in [0.25, 0.3) is 0 Å². The van der Waals surface area contributed by atoms with E-state index in [4.69, 9.17) is 32.7 Å². The quantitative estimate of drug-likeness (QED) is 0.787. The molecule has 1 amide bonds. The van der Waals surface area contributed by atoms with Gasteiger partial charge in [-0.2, -0.15) is 0 Å². The number of halogens is 2. The molecule has 0 aliphatic rings. The minimum atomic E-state index is -0.850. The number of carbonyl (C=O) groups is 2. The van der Waals surface area contributed by atoms with Crippen molar-refractivity contribution < 1.29 is 24.2 Å². The molecule has 0 fully saturated rings. The van der Waals surface area contributed by atoms with Crippen LogP contribution in [0, 0.1) is 0 Å². The molecule has 0 saturated heterocycles. The molecule has 0 aromatic heterocycles. The Morgan fingerprint density at radius 2 is 1.79 bits per heavy atom. The number of benzene rings is 2. The minimum absolute atomic E-state index is 0.0902. The maximum atomic E-state index is 11.9. The summed E-state index contributed by atoms with van der Waals surface area (Å²) in [6, 6.07) is 8.64. The van der Waals surface area contributed by atoms with Gasteiger partial charge in [0.2, 0.25) is 0 Å². The Hall–Kier alpha value is -2.44. The smallest absolute Gasteiger partial charge is 0.342 e. The summed E-state index contributed by atoms with van der Waals surface area (Å²) >= 11 is 11.5. The molecule has 2 aromatic rings. The van der Waals surface area contributed by atoms with Crippen LogP contribution in [-0.4, -0.2) is 30.7 Å². The van der Waals surface area contributed by atoms with E-state index in [9.17, 15) is 14.7 Å². The Bertz CT molecular complexity index is 779. The zero-order valence-electron chi connectivity index (χ0n) is 12.5. The molecule has 2 N–H and O–H groups in total. The van der Waals surface area contributed by atoms with Crippen LogP contribution in [0.3, 0.4) is 0 Å². The molecule has 6 nitrogen and oxygen atoms in total. The van der Waals surface area contributed by atoms with Crippen LogP contribution in [0.5, 0.6) is 11.5 Å². The molecule has 126 valence electrons. The van der Waals surface area contributed by atoms with Gasteiger partial charge in [-0.1, -0.05) is 23.2 Å². The first-order valence-electron chi connectivity index (χ1n) is 6.69. The maximum Gasteiger partial charge on any atom is 0.342 e. The molecule has 0 unspecified atom stereocenters. The molecule has 0 aliphatic carbocycles. The van der Waals surface area contributed by atoms with E-state index in [2.05, 4.69) is 5.32 Å². The number of rotatable bonds is 5. The fraction of sp³-hybridized carbons (Fsp3) is 0.125. The van der Waals surface area contributed by atoms with Gasteiger partial charge >= 0.3 is 5.97 Å². The summed E-state index contributed by atoms with van der Waals surface area (Å²) in [7, 11) is 1.45. The molecule has 0 aliphatic heterocycles. The molecule has 0 radical (unpaired) electrons. The highest BCUT2D eigenvalue weighted by Gasteiger charge is 2.15. The van der Waals surface area contributed by atoms with E-state index in [1.165, 1.54) is 31.4 Å². The van der Waals surface area contributed by atoms with Crippen LogP contribution in [0.15, 0.2) is 36.4 Å². The van der Waals surface area contributed by atoms with Crippen molar-refractivity contribution in [3.05, 3.63) is 52.0 Å².